The number of pyridine rings is 1. The number of aryl methyl sites for hydroxylation is 1. The zero-order valence-electron chi connectivity index (χ0n) is 10.4. The van der Waals surface area contributed by atoms with Crippen LogP contribution in [0.3, 0.4) is 0 Å². The van der Waals surface area contributed by atoms with E-state index in [-0.39, 0.29) is 0 Å². The highest BCUT2D eigenvalue weighted by atomic mass is 79.9. The molecule has 0 amide bonds. The molecule has 0 N–H and O–H groups in total. The second kappa shape index (κ2) is 4.86. The van der Waals surface area contributed by atoms with E-state index < -0.39 is 0 Å². The fourth-order valence-corrected chi connectivity index (χ4v) is 3.79. The second-order valence-corrected chi connectivity index (χ2v) is 8.31. The number of thioether (sulfide) groups is 1. The lowest BCUT2D eigenvalue weighted by atomic mass is 10.0. The summed E-state index contributed by atoms with van der Waals surface area (Å²) in [7, 11) is 0. The molecule has 92 valence electrons. The minimum absolute atomic E-state index is 0.326. The molecule has 2 aromatic heterocycles. The third-order valence-electron chi connectivity index (χ3n) is 2.12. The zero-order valence-corrected chi connectivity index (χ0v) is 13.6. The summed E-state index contributed by atoms with van der Waals surface area (Å²) in [5.74, 6) is 1.08. The molecule has 0 atom stereocenters. The Hall–Kier alpha value is -0.130. The molecular formula is C12H15BrN2S2. The van der Waals surface area contributed by atoms with Crippen molar-refractivity contribution < 1.29 is 0 Å². The number of fused-ring (bicyclic) bond motifs is 1. The summed E-state index contributed by atoms with van der Waals surface area (Å²) in [6, 6.07) is 2.11. The molecule has 0 bridgehead atoms. The average Bonchev–Trinajstić information content (AvgIpc) is 2.57. The molecule has 0 unspecified atom stereocenters. The molecule has 0 aromatic carbocycles. The Morgan fingerprint density at radius 1 is 1.35 bits per heavy atom. The Balaban J connectivity index is 2.26. The number of hydrogen-bond donors (Lipinski definition) is 0. The van der Waals surface area contributed by atoms with E-state index >= 15 is 0 Å². The lowest BCUT2D eigenvalue weighted by Crippen LogP contribution is -2.07. The molecular weight excluding hydrogens is 316 g/mol. The van der Waals surface area contributed by atoms with Crippen LogP contribution in [0.1, 0.15) is 26.5 Å². The molecule has 5 heteroatoms. The molecule has 0 saturated carbocycles. The van der Waals surface area contributed by atoms with Crippen molar-refractivity contribution in [3.05, 3.63) is 16.2 Å². The minimum Gasteiger partial charge on any atom is -0.231 e. The Kier molecular flexibility index (Phi) is 3.80. The topological polar surface area (TPSA) is 25.8 Å². The predicted molar refractivity (Wildman–Crippen MR) is 80.0 cm³/mol. The predicted octanol–water partition coefficient (Wildman–Crippen LogP) is 4.90. The van der Waals surface area contributed by atoms with E-state index in [2.05, 4.69) is 52.7 Å². The van der Waals surface area contributed by atoms with Crippen LogP contribution in [0.4, 0.5) is 0 Å². The number of hydrogen-bond acceptors (Lipinski definition) is 4. The zero-order chi connectivity index (χ0) is 12.6. The van der Waals surface area contributed by atoms with Crippen molar-refractivity contribution in [3.8, 4) is 0 Å². The van der Waals surface area contributed by atoms with Crippen LogP contribution in [0.15, 0.2) is 14.9 Å². The average molecular weight is 331 g/mol. The van der Waals surface area contributed by atoms with Gasteiger partial charge in [0.1, 0.15) is 0 Å². The van der Waals surface area contributed by atoms with Gasteiger partial charge in [0, 0.05) is 10.2 Å². The van der Waals surface area contributed by atoms with Crippen LogP contribution >= 0.6 is 39.0 Å². The third kappa shape index (κ3) is 3.42. The Bertz CT molecular complexity index is 504. The van der Waals surface area contributed by atoms with Gasteiger partial charge < -0.3 is 0 Å². The van der Waals surface area contributed by atoms with Gasteiger partial charge in [0.15, 0.2) is 9.99 Å². The summed E-state index contributed by atoms with van der Waals surface area (Å²) in [6.07, 6.45) is 0. The van der Waals surface area contributed by atoms with Gasteiger partial charge in [-0.1, -0.05) is 32.5 Å². The van der Waals surface area contributed by atoms with Crippen molar-refractivity contribution in [2.24, 2.45) is 5.41 Å². The summed E-state index contributed by atoms with van der Waals surface area (Å²) in [5, 5.41) is 0. The van der Waals surface area contributed by atoms with Crippen molar-refractivity contribution in [2.45, 2.75) is 32.0 Å². The molecule has 0 aliphatic heterocycles. The van der Waals surface area contributed by atoms with E-state index in [0.717, 1.165) is 30.6 Å². The van der Waals surface area contributed by atoms with E-state index in [1.54, 1.807) is 11.3 Å². The van der Waals surface area contributed by atoms with Gasteiger partial charge in [-0.25, -0.2) is 9.97 Å². The molecule has 2 heterocycles. The van der Waals surface area contributed by atoms with Crippen LogP contribution in [-0.4, -0.2) is 15.7 Å². The van der Waals surface area contributed by atoms with Gasteiger partial charge in [-0.15, -0.1) is 11.3 Å². The minimum atomic E-state index is 0.326. The summed E-state index contributed by atoms with van der Waals surface area (Å²) in [5.41, 5.74) is 2.19. The van der Waals surface area contributed by atoms with Gasteiger partial charge in [-0.3, -0.25) is 0 Å². The SMILES string of the molecule is Cc1nc2nc(SCC(C)(C)C)sc2cc1Br. The molecule has 2 aromatic rings. The number of aromatic nitrogens is 2. The Labute approximate surface area is 118 Å². The van der Waals surface area contributed by atoms with Gasteiger partial charge in [-0.2, -0.15) is 0 Å². The first-order chi connectivity index (χ1) is 7.85. The van der Waals surface area contributed by atoms with Gasteiger partial charge >= 0.3 is 0 Å². The fourth-order valence-electron chi connectivity index (χ4n) is 1.25. The fraction of sp³-hybridized carbons (Fsp3) is 0.500. The summed E-state index contributed by atoms with van der Waals surface area (Å²) in [4.78, 5) is 9.05. The number of rotatable bonds is 2. The standard InChI is InChI=1S/C12H15BrN2S2/c1-7-8(13)5-9-10(14-7)15-11(17-9)16-6-12(2,3)4/h5H,6H2,1-4H3. The van der Waals surface area contributed by atoms with Crippen molar-refractivity contribution in [1.82, 2.24) is 9.97 Å². The summed E-state index contributed by atoms with van der Waals surface area (Å²) >= 11 is 7.04. The first-order valence-electron chi connectivity index (χ1n) is 5.42. The van der Waals surface area contributed by atoms with E-state index in [4.69, 9.17) is 0 Å². The molecule has 2 nitrogen and oxygen atoms in total. The number of halogens is 1. The van der Waals surface area contributed by atoms with Gasteiger partial charge in [0.2, 0.25) is 0 Å². The maximum atomic E-state index is 4.57. The maximum absolute atomic E-state index is 4.57. The first kappa shape index (κ1) is 13.3. The highest BCUT2D eigenvalue weighted by Crippen LogP contribution is 2.34. The summed E-state index contributed by atoms with van der Waals surface area (Å²) in [6.45, 7) is 8.72. The lowest BCUT2D eigenvalue weighted by Gasteiger charge is -2.15. The number of nitrogens with zero attached hydrogens (tertiary/aromatic N) is 2. The van der Waals surface area contributed by atoms with Crippen molar-refractivity contribution in [1.29, 1.82) is 0 Å². The van der Waals surface area contributed by atoms with Crippen LogP contribution in [0, 0.1) is 12.3 Å². The van der Waals surface area contributed by atoms with E-state index in [1.165, 1.54) is 0 Å². The molecule has 0 aliphatic rings. The highest BCUT2D eigenvalue weighted by molar-refractivity contribution is 9.10. The highest BCUT2D eigenvalue weighted by Gasteiger charge is 2.13. The van der Waals surface area contributed by atoms with Crippen molar-refractivity contribution in [2.75, 3.05) is 5.75 Å². The molecule has 2 rings (SSSR count). The van der Waals surface area contributed by atoms with Crippen LogP contribution in [-0.2, 0) is 0 Å². The third-order valence-corrected chi connectivity index (χ3v) is 5.66. The molecule has 0 saturated heterocycles. The van der Waals surface area contributed by atoms with Crippen LogP contribution in [0.25, 0.3) is 10.3 Å². The monoisotopic (exact) mass is 330 g/mol. The van der Waals surface area contributed by atoms with Crippen molar-refractivity contribution in [3.63, 3.8) is 0 Å². The van der Waals surface area contributed by atoms with Crippen LogP contribution < -0.4 is 0 Å². The van der Waals surface area contributed by atoms with E-state index in [9.17, 15) is 0 Å². The van der Waals surface area contributed by atoms with Crippen molar-refractivity contribution >= 4 is 49.4 Å². The Morgan fingerprint density at radius 2 is 2.06 bits per heavy atom. The van der Waals surface area contributed by atoms with E-state index in [1.807, 2.05) is 18.7 Å². The lowest BCUT2D eigenvalue weighted by molar-refractivity contribution is 0.481. The molecule has 0 aliphatic carbocycles. The largest absolute Gasteiger partial charge is 0.231 e. The van der Waals surface area contributed by atoms with Gasteiger partial charge in [0.25, 0.3) is 0 Å². The van der Waals surface area contributed by atoms with Crippen LogP contribution in [0.5, 0.6) is 0 Å². The molecule has 0 radical (unpaired) electrons. The Morgan fingerprint density at radius 3 is 2.71 bits per heavy atom. The smallest absolute Gasteiger partial charge is 0.171 e. The molecule has 0 spiro atoms. The molecule has 17 heavy (non-hydrogen) atoms. The molecule has 0 fully saturated rings. The first-order valence-corrected chi connectivity index (χ1v) is 8.01. The normalized spacial score (nSPS) is 12.3. The quantitative estimate of drug-likeness (QED) is 0.732. The van der Waals surface area contributed by atoms with Gasteiger partial charge in [-0.05, 0) is 34.3 Å². The van der Waals surface area contributed by atoms with Gasteiger partial charge in [0.05, 0.1) is 10.4 Å². The maximum Gasteiger partial charge on any atom is 0.171 e. The summed E-state index contributed by atoms with van der Waals surface area (Å²) < 4.78 is 3.32. The number of thiazole rings is 1. The van der Waals surface area contributed by atoms with Crippen LogP contribution in [0.2, 0.25) is 0 Å². The second-order valence-electron chi connectivity index (χ2n) is 5.21. The van der Waals surface area contributed by atoms with E-state index in [0.29, 0.717) is 5.41 Å².